The smallest absolute Gasteiger partial charge is 0.339 e. The van der Waals surface area contributed by atoms with Gasteiger partial charge in [-0.15, -0.1) is 0 Å². The molecule has 1 saturated heterocycles. The number of amides is 1. The lowest BCUT2D eigenvalue weighted by molar-refractivity contribution is -0.119. The van der Waals surface area contributed by atoms with Crippen LogP contribution in [0.4, 0.5) is 11.4 Å². The molecule has 5 rings (SSSR count). The summed E-state index contributed by atoms with van der Waals surface area (Å²) in [6.45, 7) is 2.64. The fraction of sp³-hybridized carbons (Fsp3) is 0.250. The van der Waals surface area contributed by atoms with Crippen LogP contribution in [0.2, 0.25) is 0 Å². The number of esters is 2. The minimum Gasteiger partial charge on any atom is -0.454 e. The molecule has 36 heavy (non-hydrogen) atoms. The number of morpholine rings is 1. The largest absolute Gasteiger partial charge is 0.454 e. The molecule has 3 aromatic carbocycles. The van der Waals surface area contributed by atoms with Crippen molar-refractivity contribution in [2.24, 2.45) is 0 Å². The lowest BCUT2D eigenvalue weighted by Crippen LogP contribution is -2.36. The lowest BCUT2D eigenvalue weighted by atomic mass is 9.93. The minimum absolute atomic E-state index is 0.276. The Morgan fingerprint density at radius 2 is 1.72 bits per heavy atom. The van der Waals surface area contributed by atoms with E-state index in [2.05, 4.69) is 10.2 Å². The molecule has 0 bridgehead atoms. The van der Waals surface area contributed by atoms with Crippen molar-refractivity contribution in [3.05, 3.63) is 95.1 Å². The summed E-state index contributed by atoms with van der Waals surface area (Å²) in [5.41, 5.74) is 3.98. The zero-order valence-corrected chi connectivity index (χ0v) is 19.6. The van der Waals surface area contributed by atoms with Gasteiger partial charge in [0.15, 0.2) is 6.61 Å². The van der Waals surface area contributed by atoms with Gasteiger partial charge in [-0.3, -0.25) is 4.79 Å². The number of rotatable bonds is 6. The van der Waals surface area contributed by atoms with Crippen LogP contribution in [0.3, 0.4) is 0 Å². The average molecular weight is 487 g/mol. The molecule has 0 aliphatic carbocycles. The summed E-state index contributed by atoms with van der Waals surface area (Å²) in [5, 5.41) is 2.74. The Kier molecular flexibility index (Phi) is 6.95. The molecule has 0 aromatic heterocycles. The Morgan fingerprint density at radius 1 is 0.972 bits per heavy atom. The van der Waals surface area contributed by atoms with Crippen molar-refractivity contribution in [2.45, 2.75) is 12.5 Å². The van der Waals surface area contributed by atoms with Crippen molar-refractivity contribution in [3.63, 3.8) is 0 Å². The second-order valence-electron chi connectivity index (χ2n) is 8.65. The molecule has 1 N–H and O–H groups in total. The molecule has 2 aliphatic heterocycles. The van der Waals surface area contributed by atoms with E-state index in [-0.39, 0.29) is 5.56 Å². The quantitative estimate of drug-likeness (QED) is 0.530. The lowest BCUT2D eigenvalue weighted by Gasteiger charge is -2.28. The second-order valence-corrected chi connectivity index (χ2v) is 8.65. The standard InChI is InChI=1S/C28H26N2O6/c31-26(29-22-7-9-23(10-8-22)30-12-14-34-15-13-30)18-35-27(32)20-6-11-24-21(16-20)17-25(36-28(24)33)19-4-2-1-3-5-19/h1-11,16,25H,12-15,17-18H2,(H,29,31). The molecule has 1 fully saturated rings. The first kappa shape index (κ1) is 23.6. The van der Waals surface area contributed by atoms with Gasteiger partial charge >= 0.3 is 11.9 Å². The molecular weight excluding hydrogens is 460 g/mol. The number of carbonyl (C=O) groups excluding carboxylic acids is 3. The van der Waals surface area contributed by atoms with Gasteiger partial charge < -0.3 is 24.4 Å². The fourth-order valence-corrected chi connectivity index (χ4v) is 4.37. The molecule has 1 atom stereocenters. The molecule has 1 unspecified atom stereocenters. The van der Waals surface area contributed by atoms with E-state index in [1.165, 1.54) is 6.07 Å². The summed E-state index contributed by atoms with van der Waals surface area (Å²) in [5.74, 6) is -1.50. The first-order chi connectivity index (χ1) is 17.6. The van der Waals surface area contributed by atoms with Crippen molar-refractivity contribution in [2.75, 3.05) is 43.1 Å². The molecule has 2 heterocycles. The Balaban J connectivity index is 1.17. The SMILES string of the molecule is O=C(COC(=O)c1ccc2c(c1)CC(c1ccccc1)OC2=O)Nc1ccc(N2CCOCC2)cc1. The Hall–Kier alpha value is -4.17. The molecule has 184 valence electrons. The van der Waals surface area contributed by atoms with Gasteiger partial charge in [-0.25, -0.2) is 9.59 Å². The number of carbonyl (C=O) groups is 3. The van der Waals surface area contributed by atoms with Crippen LogP contribution in [-0.2, 0) is 25.4 Å². The van der Waals surface area contributed by atoms with Gasteiger partial charge in [0.05, 0.1) is 24.3 Å². The third kappa shape index (κ3) is 5.39. The van der Waals surface area contributed by atoms with Crippen LogP contribution in [0, 0.1) is 0 Å². The summed E-state index contributed by atoms with van der Waals surface area (Å²) in [6, 6.07) is 21.7. The van der Waals surface area contributed by atoms with Crippen molar-refractivity contribution in [1.82, 2.24) is 0 Å². The van der Waals surface area contributed by atoms with Crippen LogP contribution in [0.5, 0.6) is 0 Å². The highest BCUT2D eigenvalue weighted by atomic mass is 16.5. The molecule has 0 radical (unpaired) electrons. The minimum atomic E-state index is -0.634. The van der Waals surface area contributed by atoms with Crippen LogP contribution in [0.25, 0.3) is 0 Å². The van der Waals surface area contributed by atoms with Crippen LogP contribution >= 0.6 is 0 Å². The van der Waals surface area contributed by atoms with Crippen LogP contribution < -0.4 is 10.2 Å². The summed E-state index contributed by atoms with van der Waals surface area (Å²) in [6.07, 6.45) is 0.0329. The maximum atomic E-state index is 12.6. The van der Waals surface area contributed by atoms with Crippen LogP contribution in [-0.4, -0.2) is 50.8 Å². The monoisotopic (exact) mass is 486 g/mol. The topological polar surface area (TPSA) is 94.2 Å². The second kappa shape index (κ2) is 10.6. The molecule has 8 heteroatoms. The number of fused-ring (bicyclic) bond motifs is 1. The zero-order chi connectivity index (χ0) is 24.9. The molecule has 0 spiro atoms. The van der Waals surface area contributed by atoms with E-state index >= 15 is 0 Å². The van der Waals surface area contributed by atoms with Gasteiger partial charge in [-0.2, -0.15) is 0 Å². The van der Waals surface area contributed by atoms with E-state index < -0.39 is 30.6 Å². The van der Waals surface area contributed by atoms with Gasteiger partial charge in [-0.05, 0) is 53.6 Å². The number of cyclic esters (lactones) is 1. The Morgan fingerprint density at radius 3 is 2.47 bits per heavy atom. The van der Waals surface area contributed by atoms with E-state index in [1.807, 2.05) is 54.6 Å². The van der Waals surface area contributed by atoms with Crippen molar-refractivity contribution in [1.29, 1.82) is 0 Å². The number of hydrogen-bond acceptors (Lipinski definition) is 7. The normalized spacial score (nSPS) is 17.1. The first-order valence-electron chi connectivity index (χ1n) is 11.9. The van der Waals surface area contributed by atoms with Crippen LogP contribution in [0.1, 0.15) is 37.9 Å². The predicted octanol–water partition coefficient (Wildman–Crippen LogP) is 3.77. The highest BCUT2D eigenvalue weighted by molar-refractivity contribution is 5.97. The van der Waals surface area contributed by atoms with Gasteiger partial charge in [-0.1, -0.05) is 30.3 Å². The number of anilines is 2. The Labute approximate surface area is 208 Å². The number of nitrogens with zero attached hydrogens (tertiary/aromatic N) is 1. The highest BCUT2D eigenvalue weighted by Gasteiger charge is 2.28. The summed E-state index contributed by atoms with van der Waals surface area (Å²) in [7, 11) is 0. The maximum Gasteiger partial charge on any atom is 0.339 e. The average Bonchev–Trinajstić information content (AvgIpc) is 2.93. The number of nitrogens with one attached hydrogen (secondary N) is 1. The molecular formula is C28H26N2O6. The molecule has 8 nitrogen and oxygen atoms in total. The summed E-state index contributed by atoms with van der Waals surface area (Å²) >= 11 is 0. The third-order valence-corrected chi connectivity index (χ3v) is 6.25. The zero-order valence-electron chi connectivity index (χ0n) is 19.6. The van der Waals surface area contributed by atoms with Crippen molar-refractivity contribution >= 4 is 29.2 Å². The van der Waals surface area contributed by atoms with Crippen molar-refractivity contribution in [3.8, 4) is 0 Å². The predicted molar refractivity (Wildman–Crippen MR) is 133 cm³/mol. The van der Waals surface area contributed by atoms with E-state index in [4.69, 9.17) is 14.2 Å². The Bertz CT molecular complexity index is 1250. The molecule has 2 aliphatic rings. The van der Waals surface area contributed by atoms with E-state index in [1.54, 1.807) is 12.1 Å². The number of benzene rings is 3. The van der Waals surface area contributed by atoms with E-state index in [0.717, 1.165) is 24.3 Å². The fourth-order valence-electron chi connectivity index (χ4n) is 4.37. The molecule has 3 aromatic rings. The van der Waals surface area contributed by atoms with Gasteiger partial charge in [0, 0.05) is 30.9 Å². The summed E-state index contributed by atoms with van der Waals surface area (Å²) in [4.78, 5) is 39.6. The van der Waals surface area contributed by atoms with E-state index in [9.17, 15) is 14.4 Å². The first-order valence-corrected chi connectivity index (χ1v) is 11.9. The van der Waals surface area contributed by atoms with Gasteiger partial charge in [0.1, 0.15) is 6.10 Å². The van der Waals surface area contributed by atoms with Crippen molar-refractivity contribution < 1.29 is 28.6 Å². The molecule has 1 amide bonds. The summed E-state index contributed by atoms with van der Waals surface area (Å²) < 4.78 is 16.2. The highest BCUT2D eigenvalue weighted by Crippen LogP contribution is 2.31. The maximum absolute atomic E-state index is 12.6. The number of hydrogen-bond donors (Lipinski definition) is 1. The van der Waals surface area contributed by atoms with E-state index in [0.29, 0.717) is 36.4 Å². The molecule has 0 saturated carbocycles. The third-order valence-electron chi connectivity index (χ3n) is 6.25. The van der Waals surface area contributed by atoms with Gasteiger partial charge in [0.25, 0.3) is 5.91 Å². The van der Waals surface area contributed by atoms with Gasteiger partial charge in [0.2, 0.25) is 0 Å². The number of ether oxygens (including phenoxy) is 3. The van der Waals surface area contributed by atoms with Crippen LogP contribution in [0.15, 0.2) is 72.8 Å².